The summed E-state index contributed by atoms with van der Waals surface area (Å²) in [6, 6.07) is 6.01. The molecule has 0 heterocycles. The topological polar surface area (TPSA) is 40.5 Å². The molecule has 0 aliphatic heterocycles. The fraction of sp³-hybridized carbons (Fsp3) is 0.462. The molecule has 1 rings (SSSR count). The molecule has 0 aliphatic carbocycles. The molecule has 0 amide bonds. The number of nitrogens with zero attached hydrogens (tertiary/aromatic N) is 1. The van der Waals surface area contributed by atoms with Gasteiger partial charge in [-0.25, -0.2) is 0 Å². The van der Waals surface area contributed by atoms with E-state index in [9.17, 15) is 4.79 Å². The Morgan fingerprint density at radius 3 is 2.59 bits per heavy atom. The van der Waals surface area contributed by atoms with Crippen LogP contribution in [0, 0.1) is 12.3 Å². The number of rotatable bonds is 4. The fourth-order valence-corrected chi connectivity index (χ4v) is 2.09. The van der Waals surface area contributed by atoms with Gasteiger partial charge in [-0.3, -0.25) is 4.79 Å². The van der Waals surface area contributed by atoms with Gasteiger partial charge in [0.05, 0.1) is 5.41 Å². The minimum absolute atomic E-state index is 0.472. The second-order valence-electron chi connectivity index (χ2n) is 4.98. The smallest absolute Gasteiger partial charge is 0.310 e. The zero-order valence-corrected chi connectivity index (χ0v) is 12.2. The maximum absolute atomic E-state index is 11.1. The average Bonchev–Trinajstić information content (AvgIpc) is 2.20. The van der Waals surface area contributed by atoms with Crippen molar-refractivity contribution in [2.45, 2.75) is 20.8 Å². The van der Waals surface area contributed by atoms with E-state index in [1.165, 1.54) is 0 Å². The fourth-order valence-electron chi connectivity index (χ4n) is 1.74. The van der Waals surface area contributed by atoms with Gasteiger partial charge in [0.1, 0.15) is 0 Å². The number of carboxylic acid groups (broad SMARTS) is 1. The van der Waals surface area contributed by atoms with Crippen molar-refractivity contribution >= 4 is 27.6 Å². The summed E-state index contributed by atoms with van der Waals surface area (Å²) in [5.41, 5.74) is 1.43. The molecule has 0 unspecified atom stereocenters. The maximum Gasteiger partial charge on any atom is 0.310 e. The molecular formula is C13H18BrNO2. The quantitative estimate of drug-likeness (QED) is 0.927. The molecule has 0 saturated carbocycles. The second-order valence-corrected chi connectivity index (χ2v) is 5.89. The summed E-state index contributed by atoms with van der Waals surface area (Å²) in [6.45, 7) is 5.96. The highest BCUT2D eigenvalue weighted by Crippen LogP contribution is 2.26. The number of hydrogen-bond acceptors (Lipinski definition) is 2. The number of aryl methyl sites for hydroxylation is 1. The Kier molecular flexibility index (Phi) is 4.20. The highest BCUT2D eigenvalue weighted by molar-refractivity contribution is 9.10. The molecule has 1 aromatic carbocycles. The largest absolute Gasteiger partial charge is 0.481 e. The number of carboxylic acids is 1. The van der Waals surface area contributed by atoms with Gasteiger partial charge in [-0.1, -0.05) is 22.0 Å². The Morgan fingerprint density at radius 1 is 1.47 bits per heavy atom. The van der Waals surface area contributed by atoms with Crippen molar-refractivity contribution < 1.29 is 9.90 Å². The van der Waals surface area contributed by atoms with Crippen molar-refractivity contribution in [2.24, 2.45) is 5.41 Å². The third kappa shape index (κ3) is 3.46. The summed E-state index contributed by atoms with van der Waals surface area (Å²) in [5.74, 6) is -0.781. The van der Waals surface area contributed by atoms with E-state index < -0.39 is 11.4 Å². The van der Waals surface area contributed by atoms with Crippen LogP contribution >= 0.6 is 15.9 Å². The van der Waals surface area contributed by atoms with E-state index >= 15 is 0 Å². The van der Waals surface area contributed by atoms with Gasteiger partial charge in [-0.05, 0) is 38.5 Å². The molecule has 0 radical (unpaired) electrons. The molecule has 94 valence electrons. The van der Waals surface area contributed by atoms with E-state index in [1.54, 1.807) is 13.8 Å². The highest BCUT2D eigenvalue weighted by atomic mass is 79.9. The number of benzene rings is 1. The van der Waals surface area contributed by atoms with Gasteiger partial charge in [-0.2, -0.15) is 0 Å². The molecule has 3 nitrogen and oxygen atoms in total. The van der Waals surface area contributed by atoms with E-state index in [2.05, 4.69) is 15.9 Å². The van der Waals surface area contributed by atoms with Gasteiger partial charge in [0.15, 0.2) is 0 Å². The van der Waals surface area contributed by atoms with Crippen molar-refractivity contribution in [3.8, 4) is 0 Å². The molecule has 17 heavy (non-hydrogen) atoms. The Labute approximate surface area is 111 Å². The van der Waals surface area contributed by atoms with Crippen molar-refractivity contribution in [1.82, 2.24) is 0 Å². The first-order valence-corrected chi connectivity index (χ1v) is 6.24. The van der Waals surface area contributed by atoms with Crippen LogP contribution in [0.4, 0.5) is 5.69 Å². The number of halogens is 1. The standard InChI is InChI=1S/C13H18BrNO2/c1-9-5-6-10(14)7-11(9)15(4)8-13(2,3)12(16)17/h5-7H,8H2,1-4H3,(H,16,17). The Hall–Kier alpha value is -1.03. The van der Waals surface area contributed by atoms with Crippen LogP contribution in [0.25, 0.3) is 0 Å². The lowest BCUT2D eigenvalue weighted by atomic mass is 9.93. The molecule has 1 aromatic rings. The molecule has 4 heteroatoms. The lowest BCUT2D eigenvalue weighted by molar-refractivity contribution is -0.146. The Morgan fingerprint density at radius 2 is 2.06 bits per heavy atom. The van der Waals surface area contributed by atoms with Crippen molar-refractivity contribution in [3.63, 3.8) is 0 Å². The minimum Gasteiger partial charge on any atom is -0.481 e. The molecular weight excluding hydrogens is 282 g/mol. The van der Waals surface area contributed by atoms with Gasteiger partial charge < -0.3 is 10.0 Å². The van der Waals surface area contributed by atoms with Crippen LogP contribution in [-0.2, 0) is 4.79 Å². The van der Waals surface area contributed by atoms with Crippen LogP contribution in [0.1, 0.15) is 19.4 Å². The average molecular weight is 300 g/mol. The second kappa shape index (κ2) is 5.08. The van der Waals surface area contributed by atoms with E-state index in [4.69, 9.17) is 5.11 Å². The summed E-state index contributed by atoms with van der Waals surface area (Å²) in [6.07, 6.45) is 0. The number of hydrogen-bond donors (Lipinski definition) is 1. The zero-order valence-electron chi connectivity index (χ0n) is 10.6. The van der Waals surface area contributed by atoms with E-state index in [-0.39, 0.29) is 0 Å². The lowest BCUT2D eigenvalue weighted by Crippen LogP contribution is -2.37. The first-order valence-electron chi connectivity index (χ1n) is 5.45. The van der Waals surface area contributed by atoms with Gasteiger partial charge in [0.2, 0.25) is 0 Å². The molecule has 1 N–H and O–H groups in total. The van der Waals surface area contributed by atoms with Crippen LogP contribution in [0.15, 0.2) is 22.7 Å². The first kappa shape index (κ1) is 14.0. The predicted molar refractivity (Wildman–Crippen MR) is 73.6 cm³/mol. The van der Waals surface area contributed by atoms with Crippen LogP contribution in [0.5, 0.6) is 0 Å². The molecule has 0 aliphatic rings. The predicted octanol–water partition coefficient (Wildman–Crippen LogP) is 3.30. The molecule has 0 spiro atoms. The molecule has 0 saturated heterocycles. The Bertz CT molecular complexity index is 429. The zero-order chi connectivity index (χ0) is 13.2. The van der Waals surface area contributed by atoms with Gasteiger partial charge in [0.25, 0.3) is 0 Å². The molecule has 0 bridgehead atoms. The van der Waals surface area contributed by atoms with Gasteiger partial charge >= 0.3 is 5.97 Å². The summed E-state index contributed by atoms with van der Waals surface area (Å²) in [7, 11) is 1.92. The van der Waals surface area contributed by atoms with Crippen LogP contribution in [0.2, 0.25) is 0 Å². The van der Waals surface area contributed by atoms with Crippen LogP contribution < -0.4 is 4.90 Å². The first-order chi connectivity index (χ1) is 7.74. The van der Waals surface area contributed by atoms with Crippen molar-refractivity contribution in [1.29, 1.82) is 0 Å². The third-order valence-corrected chi connectivity index (χ3v) is 3.29. The normalized spacial score (nSPS) is 11.4. The number of carbonyl (C=O) groups is 1. The monoisotopic (exact) mass is 299 g/mol. The summed E-state index contributed by atoms with van der Waals surface area (Å²) in [5, 5.41) is 9.13. The third-order valence-electron chi connectivity index (χ3n) is 2.79. The van der Waals surface area contributed by atoms with Crippen LogP contribution in [0.3, 0.4) is 0 Å². The minimum atomic E-state index is -0.781. The molecule has 0 atom stereocenters. The van der Waals surface area contributed by atoms with Crippen molar-refractivity contribution in [2.75, 3.05) is 18.5 Å². The van der Waals surface area contributed by atoms with Crippen molar-refractivity contribution in [3.05, 3.63) is 28.2 Å². The SMILES string of the molecule is Cc1ccc(Br)cc1N(C)CC(C)(C)C(=O)O. The molecule has 0 fully saturated rings. The Balaban J connectivity index is 2.94. The maximum atomic E-state index is 11.1. The highest BCUT2D eigenvalue weighted by Gasteiger charge is 2.29. The van der Waals surface area contributed by atoms with Crippen LogP contribution in [-0.4, -0.2) is 24.7 Å². The van der Waals surface area contributed by atoms with E-state index in [1.807, 2.05) is 37.1 Å². The van der Waals surface area contributed by atoms with E-state index in [0.717, 1.165) is 15.7 Å². The van der Waals surface area contributed by atoms with Gasteiger partial charge in [0, 0.05) is 23.8 Å². The summed E-state index contributed by atoms with van der Waals surface area (Å²) < 4.78 is 0.998. The lowest BCUT2D eigenvalue weighted by Gasteiger charge is -2.29. The summed E-state index contributed by atoms with van der Waals surface area (Å²) in [4.78, 5) is 13.1. The summed E-state index contributed by atoms with van der Waals surface area (Å²) >= 11 is 3.43. The number of aliphatic carboxylic acids is 1. The van der Waals surface area contributed by atoms with E-state index in [0.29, 0.717) is 6.54 Å². The van der Waals surface area contributed by atoms with Gasteiger partial charge in [-0.15, -0.1) is 0 Å². The number of anilines is 1. The molecule has 0 aromatic heterocycles.